The molecule has 0 aliphatic rings. The summed E-state index contributed by atoms with van der Waals surface area (Å²) >= 11 is 3.26. The molecule has 3 nitrogen and oxygen atoms in total. The van der Waals surface area contributed by atoms with Gasteiger partial charge in [0, 0.05) is 29.0 Å². The quantitative estimate of drug-likeness (QED) is 0.927. The second kappa shape index (κ2) is 7.21. The lowest BCUT2D eigenvalue weighted by molar-refractivity contribution is 0.0950. The number of nitrogens with zero attached hydrogens (tertiary/aromatic N) is 1. The van der Waals surface area contributed by atoms with E-state index in [0.29, 0.717) is 11.1 Å². The van der Waals surface area contributed by atoms with Gasteiger partial charge in [0.25, 0.3) is 5.91 Å². The smallest absolute Gasteiger partial charge is 0.253 e. The standard InChI is InChI=1S/C13H10BrFN2O.ClH/c14-11-3-4-12(15)10(6-11)8-17-13(18)9-2-1-5-16-7-9;/h1-7H,8H2,(H,17,18);1H. The van der Waals surface area contributed by atoms with E-state index in [4.69, 9.17) is 0 Å². The summed E-state index contributed by atoms with van der Waals surface area (Å²) in [5.74, 6) is -0.618. The summed E-state index contributed by atoms with van der Waals surface area (Å²) in [7, 11) is 0. The summed E-state index contributed by atoms with van der Waals surface area (Å²) in [5.41, 5.74) is 0.884. The lowest BCUT2D eigenvalue weighted by atomic mass is 10.2. The third-order valence-corrected chi connectivity index (χ3v) is 2.86. The molecule has 1 N–H and O–H groups in total. The normalized spacial score (nSPS) is 9.58. The van der Waals surface area contributed by atoms with Crippen LogP contribution in [-0.2, 0) is 6.54 Å². The van der Waals surface area contributed by atoms with E-state index >= 15 is 0 Å². The number of carbonyl (C=O) groups is 1. The van der Waals surface area contributed by atoms with E-state index in [0.717, 1.165) is 4.47 Å². The Balaban J connectivity index is 0.00000180. The summed E-state index contributed by atoms with van der Waals surface area (Å²) in [6, 6.07) is 7.93. The second-order valence-corrected chi connectivity index (χ2v) is 4.58. The van der Waals surface area contributed by atoms with Gasteiger partial charge in [-0.25, -0.2) is 4.39 Å². The number of hydrogen-bond donors (Lipinski definition) is 1. The molecule has 0 fully saturated rings. The zero-order chi connectivity index (χ0) is 13.0. The Morgan fingerprint density at radius 3 is 2.84 bits per heavy atom. The van der Waals surface area contributed by atoms with Gasteiger partial charge in [-0.2, -0.15) is 0 Å². The molecule has 0 aliphatic carbocycles. The van der Waals surface area contributed by atoms with E-state index in [-0.39, 0.29) is 30.7 Å². The molecule has 0 radical (unpaired) electrons. The van der Waals surface area contributed by atoms with Crippen LogP contribution in [0.15, 0.2) is 47.2 Å². The van der Waals surface area contributed by atoms with Crippen LogP contribution in [-0.4, -0.2) is 10.9 Å². The van der Waals surface area contributed by atoms with Crippen molar-refractivity contribution in [2.45, 2.75) is 6.54 Å². The van der Waals surface area contributed by atoms with Gasteiger partial charge in [-0.1, -0.05) is 15.9 Å². The molecular weight excluding hydrogens is 335 g/mol. The van der Waals surface area contributed by atoms with Gasteiger partial charge in [0.05, 0.1) is 5.56 Å². The number of rotatable bonds is 3. The number of benzene rings is 1. The second-order valence-electron chi connectivity index (χ2n) is 3.66. The Morgan fingerprint density at radius 1 is 1.37 bits per heavy atom. The van der Waals surface area contributed by atoms with Crippen molar-refractivity contribution in [1.29, 1.82) is 0 Å². The lowest BCUT2D eigenvalue weighted by Gasteiger charge is -2.06. The summed E-state index contributed by atoms with van der Waals surface area (Å²) in [4.78, 5) is 15.6. The van der Waals surface area contributed by atoms with Crippen molar-refractivity contribution < 1.29 is 9.18 Å². The Labute approximate surface area is 124 Å². The molecule has 0 atom stereocenters. The molecule has 2 aromatic rings. The van der Waals surface area contributed by atoms with Crippen molar-refractivity contribution >= 4 is 34.2 Å². The number of nitrogens with one attached hydrogen (secondary N) is 1. The summed E-state index contributed by atoms with van der Waals surface area (Å²) in [6.45, 7) is 0.138. The van der Waals surface area contributed by atoms with Crippen molar-refractivity contribution in [3.05, 3.63) is 64.1 Å². The molecule has 6 heteroatoms. The van der Waals surface area contributed by atoms with Gasteiger partial charge >= 0.3 is 0 Å². The van der Waals surface area contributed by atoms with E-state index < -0.39 is 0 Å². The Kier molecular flexibility index (Phi) is 5.92. The maximum absolute atomic E-state index is 13.4. The lowest BCUT2D eigenvalue weighted by Crippen LogP contribution is -2.23. The van der Waals surface area contributed by atoms with Gasteiger partial charge < -0.3 is 5.32 Å². The highest BCUT2D eigenvalue weighted by molar-refractivity contribution is 9.10. The van der Waals surface area contributed by atoms with Gasteiger partial charge in [0.1, 0.15) is 5.82 Å². The molecule has 1 amide bonds. The van der Waals surface area contributed by atoms with Crippen molar-refractivity contribution in [3.63, 3.8) is 0 Å². The molecule has 19 heavy (non-hydrogen) atoms. The highest BCUT2D eigenvalue weighted by Gasteiger charge is 2.07. The molecule has 1 aromatic heterocycles. The third-order valence-electron chi connectivity index (χ3n) is 2.37. The average Bonchev–Trinajstić information content (AvgIpc) is 2.40. The minimum absolute atomic E-state index is 0. The fraction of sp³-hybridized carbons (Fsp3) is 0.0769. The van der Waals surface area contributed by atoms with Gasteiger partial charge in [0.15, 0.2) is 0 Å². The van der Waals surface area contributed by atoms with Crippen molar-refractivity contribution in [3.8, 4) is 0 Å². The molecule has 0 saturated carbocycles. The average molecular weight is 346 g/mol. The summed E-state index contributed by atoms with van der Waals surface area (Å²) < 4.78 is 14.2. The number of amides is 1. The van der Waals surface area contributed by atoms with Crippen molar-refractivity contribution in [2.24, 2.45) is 0 Å². The first kappa shape index (κ1) is 15.6. The van der Waals surface area contributed by atoms with E-state index in [1.165, 1.54) is 12.3 Å². The molecule has 0 spiro atoms. The molecular formula is C13H11BrClFN2O. The van der Waals surface area contributed by atoms with Crippen LogP contribution < -0.4 is 5.32 Å². The van der Waals surface area contributed by atoms with Gasteiger partial charge in [-0.15, -0.1) is 12.4 Å². The van der Waals surface area contributed by atoms with Crippen molar-refractivity contribution in [2.75, 3.05) is 0 Å². The molecule has 1 aromatic carbocycles. The van der Waals surface area contributed by atoms with E-state index in [9.17, 15) is 9.18 Å². The molecule has 1 heterocycles. The van der Waals surface area contributed by atoms with Gasteiger partial charge in [-0.3, -0.25) is 9.78 Å². The molecule has 100 valence electrons. The van der Waals surface area contributed by atoms with Crippen LogP contribution >= 0.6 is 28.3 Å². The minimum atomic E-state index is -0.343. The SMILES string of the molecule is Cl.O=C(NCc1cc(Br)ccc1F)c1cccnc1. The number of pyridine rings is 1. The van der Waals surface area contributed by atoms with Crippen LogP contribution in [0.2, 0.25) is 0 Å². The molecule has 0 bridgehead atoms. The highest BCUT2D eigenvalue weighted by Crippen LogP contribution is 2.15. The third kappa shape index (κ3) is 4.29. The highest BCUT2D eigenvalue weighted by atomic mass is 79.9. The number of carbonyl (C=O) groups excluding carboxylic acids is 1. The Bertz CT molecular complexity index is 566. The zero-order valence-electron chi connectivity index (χ0n) is 9.77. The van der Waals surface area contributed by atoms with Crippen LogP contribution in [0.3, 0.4) is 0 Å². The van der Waals surface area contributed by atoms with E-state index in [1.54, 1.807) is 30.5 Å². The zero-order valence-corrected chi connectivity index (χ0v) is 12.2. The van der Waals surface area contributed by atoms with Crippen LogP contribution in [0, 0.1) is 5.82 Å². The Morgan fingerprint density at radius 2 is 2.16 bits per heavy atom. The predicted molar refractivity (Wildman–Crippen MR) is 76.8 cm³/mol. The monoisotopic (exact) mass is 344 g/mol. The van der Waals surface area contributed by atoms with Gasteiger partial charge in [0.2, 0.25) is 0 Å². The minimum Gasteiger partial charge on any atom is -0.348 e. The van der Waals surface area contributed by atoms with Crippen LogP contribution in [0.1, 0.15) is 15.9 Å². The molecule has 0 saturated heterocycles. The summed E-state index contributed by atoms with van der Waals surface area (Å²) in [6.07, 6.45) is 3.05. The number of halogens is 3. The first-order valence-corrected chi connectivity index (χ1v) is 6.08. The fourth-order valence-corrected chi connectivity index (χ4v) is 1.86. The van der Waals surface area contributed by atoms with Crippen LogP contribution in [0.5, 0.6) is 0 Å². The van der Waals surface area contributed by atoms with E-state index in [1.807, 2.05) is 0 Å². The predicted octanol–water partition coefficient (Wildman–Crippen LogP) is 3.34. The molecule has 0 unspecified atom stereocenters. The fourth-order valence-electron chi connectivity index (χ4n) is 1.45. The number of hydrogen-bond acceptors (Lipinski definition) is 2. The van der Waals surface area contributed by atoms with Crippen LogP contribution in [0.25, 0.3) is 0 Å². The summed E-state index contributed by atoms with van der Waals surface area (Å²) in [5, 5.41) is 2.64. The molecule has 0 aliphatic heterocycles. The Hall–Kier alpha value is -1.46. The van der Waals surface area contributed by atoms with Gasteiger partial charge in [-0.05, 0) is 30.3 Å². The first-order chi connectivity index (χ1) is 8.66. The molecule has 2 rings (SSSR count). The largest absolute Gasteiger partial charge is 0.348 e. The first-order valence-electron chi connectivity index (χ1n) is 5.29. The number of aromatic nitrogens is 1. The maximum atomic E-state index is 13.4. The van der Waals surface area contributed by atoms with Crippen LogP contribution in [0.4, 0.5) is 4.39 Å². The van der Waals surface area contributed by atoms with Crippen molar-refractivity contribution in [1.82, 2.24) is 10.3 Å². The maximum Gasteiger partial charge on any atom is 0.253 e. The topological polar surface area (TPSA) is 42.0 Å². The van der Waals surface area contributed by atoms with E-state index in [2.05, 4.69) is 26.2 Å².